The molecule has 0 saturated heterocycles. The number of hydrogen-bond donors (Lipinski definition) is 1. The van der Waals surface area contributed by atoms with E-state index >= 15 is 0 Å². The standard InChI is InChI=1S/C16H22BrNO2/c1-5-18-14-9-16(3,4)20-15-8-12(6-7-13(14)15)19-10-11(2)17/h6-8,14,18H,2,5,9-10H2,1,3-4H3. The molecule has 0 fully saturated rings. The summed E-state index contributed by atoms with van der Waals surface area (Å²) >= 11 is 3.29. The topological polar surface area (TPSA) is 30.5 Å². The fourth-order valence-corrected chi connectivity index (χ4v) is 2.63. The molecule has 110 valence electrons. The van der Waals surface area contributed by atoms with Crippen molar-refractivity contribution in [1.29, 1.82) is 0 Å². The molecule has 3 nitrogen and oxygen atoms in total. The second kappa shape index (κ2) is 6.19. The summed E-state index contributed by atoms with van der Waals surface area (Å²) in [5.74, 6) is 1.71. The normalized spacial score (nSPS) is 19.9. The SMILES string of the molecule is C=C(Br)COc1ccc2c(c1)OC(C)(C)CC2NCC. The monoisotopic (exact) mass is 339 g/mol. The Labute approximate surface area is 129 Å². The number of rotatable bonds is 5. The number of ether oxygens (including phenoxy) is 2. The number of benzene rings is 1. The first-order valence-corrected chi connectivity index (χ1v) is 7.73. The summed E-state index contributed by atoms with van der Waals surface area (Å²) in [6, 6.07) is 6.38. The molecule has 0 aromatic heterocycles. The molecule has 1 aliphatic heterocycles. The minimum absolute atomic E-state index is 0.169. The zero-order chi connectivity index (χ0) is 14.8. The van der Waals surface area contributed by atoms with Crippen LogP contribution in [0.3, 0.4) is 0 Å². The molecule has 1 unspecified atom stereocenters. The van der Waals surface area contributed by atoms with Crippen molar-refractivity contribution in [3.05, 3.63) is 34.8 Å². The molecule has 2 rings (SSSR count). The van der Waals surface area contributed by atoms with Crippen molar-refractivity contribution >= 4 is 15.9 Å². The van der Waals surface area contributed by atoms with Crippen molar-refractivity contribution in [3.63, 3.8) is 0 Å². The Hall–Kier alpha value is -1.00. The Kier molecular flexibility index (Phi) is 4.76. The first kappa shape index (κ1) is 15.4. The van der Waals surface area contributed by atoms with E-state index in [2.05, 4.69) is 54.7 Å². The second-order valence-electron chi connectivity index (χ2n) is 5.68. The summed E-state index contributed by atoms with van der Waals surface area (Å²) in [5.41, 5.74) is 1.04. The summed E-state index contributed by atoms with van der Waals surface area (Å²) in [7, 11) is 0. The van der Waals surface area contributed by atoms with Crippen LogP contribution in [0.25, 0.3) is 0 Å². The highest BCUT2D eigenvalue weighted by atomic mass is 79.9. The third kappa shape index (κ3) is 3.76. The minimum Gasteiger partial charge on any atom is -0.488 e. The van der Waals surface area contributed by atoms with E-state index in [9.17, 15) is 0 Å². The van der Waals surface area contributed by atoms with E-state index in [1.165, 1.54) is 5.56 Å². The number of halogens is 1. The van der Waals surface area contributed by atoms with Crippen molar-refractivity contribution < 1.29 is 9.47 Å². The summed E-state index contributed by atoms with van der Waals surface area (Å²) in [4.78, 5) is 0. The molecule has 0 radical (unpaired) electrons. The lowest BCUT2D eigenvalue weighted by atomic mass is 9.89. The van der Waals surface area contributed by atoms with Gasteiger partial charge in [0.15, 0.2) is 0 Å². The van der Waals surface area contributed by atoms with Crippen molar-refractivity contribution in [1.82, 2.24) is 5.32 Å². The molecule has 1 heterocycles. The Morgan fingerprint density at radius 2 is 2.30 bits per heavy atom. The van der Waals surface area contributed by atoms with E-state index in [0.717, 1.165) is 28.9 Å². The van der Waals surface area contributed by atoms with Gasteiger partial charge >= 0.3 is 0 Å². The molecule has 1 aromatic carbocycles. The van der Waals surface area contributed by atoms with Crippen molar-refractivity contribution in [2.75, 3.05) is 13.2 Å². The van der Waals surface area contributed by atoms with Crippen LogP contribution in [-0.2, 0) is 0 Å². The second-order valence-corrected chi connectivity index (χ2v) is 6.80. The van der Waals surface area contributed by atoms with Crippen molar-refractivity contribution in [2.24, 2.45) is 0 Å². The van der Waals surface area contributed by atoms with Crippen LogP contribution in [0, 0.1) is 0 Å². The Morgan fingerprint density at radius 1 is 1.55 bits per heavy atom. The molecule has 1 N–H and O–H groups in total. The van der Waals surface area contributed by atoms with Gasteiger partial charge in [-0.1, -0.05) is 35.5 Å². The van der Waals surface area contributed by atoms with Crippen molar-refractivity contribution in [3.8, 4) is 11.5 Å². The maximum atomic E-state index is 6.09. The van der Waals surface area contributed by atoms with Gasteiger partial charge in [0.2, 0.25) is 0 Å². The van der Waals surface area contributed by atoms with Crippen LogP contribution in [0.15, 0.2) is 29.3 Å². The smallest absolute Gasteiger partial charge is 0.128 e. The van der Waals surface area contributed by atoms with Gasteiger partial charge in [0.1, 0.15) is 23.7 Å². The Bertz CT molecular complexity index is 499. The Balaban J connectivity index is 2.24. The molecule has 1 atom stereocenters. The largest absolute Gasteiger partial charge is 0.488 e. The number of fused-ring (bicyclic) bond motifs is 1. The zero-order valence-corrected chi connectivity index (χ0v) is 13.9. The van der Waals surface area contributed by atoms with Gasteiger partial charge in [0.25, 0.3) is 0 Å². The number of hydrogen-bond acceptors (Lipinski definition) is 3. The fraction of sp³-hybridized carbons (Fsp3) is 0.500. The molecule has 20 heavy (non-hydrogen) atoms. The van der Waals surface area contributed by atoms with E-state index in [4.69, 9.17) is 9.47 Å². The average molecular weight is 340 g/mol. The van der Waals surface area contributed by atoms with E-state index < -0.39 is 0 Å². The van der Waals surface area contributed by atoms with Crippen molar-refractivity contribution in [2.45, 2.75) is 38.8 Å². The summed E-state index contributed by atoms with van der Waals surface area (Å²) in [5, 5.41) is 3.52. The van der Waals surface area contributed by atoms with Crippen LogP contribution in [0.1, 0.15) is 38.8 Å². The van der Waals surface area contributed by atoms with E-state index in [-0.39, 0.29) is 5.60 Å². The first-order chi connectivity index (χ1) is 9.41. The fourth-order valence-electron chi connectivity index (χ4n) is 2.51. The van der Waals surface area contributed by atoms with Gasteiger partial charge in [-0.05, 0) is 26.5 Å². The lowest BCUT2D eigenvalue weighted by Crippen LogP contribution is -2.39. The third-order valence-electron chi connectivity index (χ3n) is 3.29. The molecular weight excluding hydrogens is 318 g/mol. The first-order valence-electron chi connectivity index (χ1n) is 6.93. The molecule has 0 aliphatic carbocycles. The summed E-state index contributed by atoms with van der Waals surface area (Å²) < 4.78 is 12.6. The third-order valence-corrected chi connectivity index (χ3v) is 3.52. The molecule has 1 aromatic rings. The highest BCUT2D eigenvalue weighted by Gasteiger charge is 2.33. The maximum Gasteiger partial charge on any atom is 0.128 e. The van der Waals surface area contributed by atoms with E-state index in [1.807, 2.05) is 12.1 Å². The maximum absolute atomic E-state index is 6.09. The van der Waals surface area contributed by atoms with E-state index in [0.29, 0.717) is 12.6 Å². The summed E-state index contributed by atoms with van der Waals surface area (Å²) in [6.07, 6.45) is 0.965. The van der Waals surface area contributed by atoms with Gasteiger partial charge in [-0.2, -0.15) is 0 Å². The van der Waals surface area contributed by atoms with Gasteiger partial charge in [0.05, 0.1) is 0 Å². The van der Waals surface area contributed by atoms with Gasteiger partial charge < -0.3 is 14.8 Å². The Morgan fingerprint density at radius 3 is 2.95 bits per heavy atom. The van der Waals surface area contributed by atoms with Gasteiger partial charge in [0, 0.05) is 28.6 Å². The van der Waals surface area contributed by atoms with Crippen LogP contribution in [0.2, 0.25) is 0 Å². The highest BCUT2D eigenvalue weighted by molar-refractivity contribution is 9.11. The quantitative estimate of drug-likeness (QED) is 0.872. The van der Waals surface area contributed by atoms with Gasteiger partial charge in [-0.25, -0.2) is 0 Å². The minimum atomic E-state index is -0.169. The van der Waals surface area contributed by atoms with E-state index in [1.54, 1.807) is 0 Å². The predicted molar refractivity (Wildman–Crippen MR) is 85.7 cm³/mol. The van der Waals surface area contributed by atoms with Gasteiger partial charge in [-0.3, -0.25) is 0 Å². The summed E-state index contributed by atoms with van der Waals surface area (Å²) in [6.45, 7) is 11.5. The van der Waals surface area contributed by atoms with Crippen LogP contribution in [0.5, 0.6) is 11.5 Å². The average Bonchev–Trinajstić information content (AvgIpc) is 2.35. The molecule has 0 amide bonds. The molecule has 4 heteroatoms. The zero-order valence-electron chi connectivity index (χ0n) is 12.3. The molecule has 0 bridgehead atoms. The molecule has 0 saturated carbocycles. The molecular formula is C16H22BrNO2. The predicted octanol–water partition coefficient (Wildman–Crippen LogP) is 4.19. The number of nitrogens with one attached hydrogen (secondary N) is 1. The molecule has 1 aliphatic rings. The van der Waals surface area contributed by atoms with Crippen LogP contribution in [0.4, 0.5) is 0 Å². The van der Waals surface area contributed by atoms with Crippen LogP contribution in [-0.4, -0.2) is 18.8 Å². The van der Waals surface area contributed by atoms with Crippen LogP contribution < -0.4 is 14.8 Å². The lowest BCUT2D eigenvalue weighted by molar-refractivity contribution is 0.0661. The van der Waals surface area contributed by atoms with Gasteiger partial charge in [-0.15, -0.1) is 0 Å². The lowest BCUT2D eigenvalue weighted by Gasteiger charge is -2.38. The molecule has 0 spiro atoms. The highest BCUT2D eigenvalue weighted by Crippen LogP contribution is 2.41. The van der Waals surface area contributed by atoms with Crippen LogP contribution >= 0.6 is 15.9 Å².